The molecular formula is C17H19N5O2. The number of nitrogens with zero attached hydrogens (tertiary/aromatic N) is 5. The minimum atomic E-state index is -0.736. The topological polar surface area (TPSA) is 86.0 Å². The molecule has 0 aliphatic rings. The van der Waals surface area contributed by atoms with Crippen molar-refractivity contribution in [3.8, 4) is 17.1 Å². The van der Waals surface area contributed by atoms with Crippen LogP contribution < -0.4 is 4.74 Å². The molecule has 0 unspecified atom stereocenters. The van der Waals surface area contributed by atoms with Gasteiger partial charge in [-0.15, -0.1) is 10.2 Å². The summed E-state index contributed by atoms with van der Waals surface area (Å²) in [6.45, 7) is 4.33. The highest BCUT2D eigenvalue weighted by molar-refractivity contribution is 5.51. The highest BCUT2D eigenvalue weighted by Gasteiger charge is 2.12. The second kappa shape index (κ2) is 7.18. The van der Waals surface area contributed by atoms with Crippen LogP contribution in [0.3, 0.4) is 0 Å². The van der Waals surface area contributed by atoms with Gasteiger partial charge in [-0.2, -0.15) is 4.80 Å². The fourth-order valence-corrected chi connectivity index (χ4v) is 2.38. The molecule has 24 heavy (non-hydrogen) atoms. The zero-order chi connectivity index (χ0) is 16.9. The van der Waals surface area contributed by atoms with Gasteiger partial charge in [0.15, 0.2) is 0 Å². The van der Waals surface area contributed by atoms with Gasteiger partial charge in [-0.3, -0.25) is 4.98 Å². The van der Waals surface area contributed by atoms with Crippen LogP contribution in [0.1, 0.15) is 11.1 Å². The SMILES string of the molecule is Cc1cccc(C)c1OC[C@H](O)Cn1nnc(-c2cccnc2)n1. The summed E-state index contributed by atoms with van der Waals surface area (Å²) in [5.41, 5.74) is 2.87. The van der Waals surface area contributed by atoms with Crippen LogP contribution in [0.2, 0.25) is 0 Å². The summed E-state index contributed by atoms with van der Waals surface area (Å²) >= 11 is 0. The molecule has 0 aliphatic heterocycles. The summed E-state index contributed by atoms with van der Waals surface area (Å²) in [4.78, 5) is 5.39. The Morgan fingerprint density at radius 3 is 2.67 bits per heavy atom. The van der Waals surface area contributed by atoms with Crippen LogP contribution in [0.4, 0.5) is 0 Å². The Morgan fingerprint density at radius 2 is 1.96 bits per heavy atom. The van der Waals surface area contributed by atoms with Gasteiger partial charge in [0.1, 0.15) is 18.5 Å². The van der Waals surface area contributed by atoms with E-state index in [1.807, 2.05) is 44.2 Å². The van der Waals surface area contributed by atoms with Crippen molar-refractivity contribution in [3.63, 3.8) is 0 Å². The van der Waals surface area contributed by atoms with E-state index in [9.17, 15) is 5.11 Å². The highest BCUT2D eigenvalue weighted by atomic mass is 16.5. The molecule has 124 valence electrons. The van der Waals surface area contributed by atoms with Gasteiger partial charge in [-0.25, -0.2) is 0 Å². The van der Waals surface area contributed by atoms with E-state index >= 15 is 0 Å². The van der Waals surface area contributed by atoms with Crippen LogP contribution in [0.15, 0.2) is 42.7 Å². The molecule has 0 fully saturated rings. The number of tetrazole rings is 1. The second-order valence-electron chi connectivity index (χ2n) is 5.60. The standard InChI is InChI=1S/C17H19N5O2/c1-12-5-3-6-13(2)16(12)24-11-15(23)10-22-20-17(19-21-22)14-7-4-8-18-9-14/h3-9,15,23H,10-11H2,1-2H3/t15-/m1/s1. The lowest BCUT2D eigenvalue weighted by atomic mass is 10.1. The maximum Gasteiger partial charge on any atom is 0.206 e. The number of pyridine rings is 1. The number of aromatic nitrogens is 5. The van der Waals surface area contributed by atoms with Gasteiger partial charge < -0.3 is 9.84 Å². The molecule has 0 bridgehead atoms. The Hall–Kier alpha value is -2.80. The lowest BCUT2D eigenvalue weighted by Gasteiger charge is -2.15. The third-order valence-electron chi connectivity index (χ3n) is 3.58. The van der Waals surface area contributed by atoms with Crippen molar-refractivity contribution >= 4 is 0 Å². The average molecular weight is 325 g/mol. The fourth-order valence-electron chi connectivity index (χ4n) is 2.38. The minimum Gasteiger partial charge on any atom is -0.490 e. The number of aryl methyl sites for hydroxylation is 2. The van der Waals surface area contributed by atoms with Crippen molar-refractivity contribution in [3.05, 3.63) is 53.9 Å². The number of hydrogen-bond acceptors (Lipinski definition) is 6. The number of hydrogen-bond donors (Lipinski definition) is 1. The average Bonchev–Trinajstić information content (AvgIpc) is 3.03. The molecule has 7 nitrogen and oxygen atoms in total. The van der Waals surface area contributed by atoms with Gasteiger partial charge in [0.05, 0.1) is 6.54 Å². The van der Waals surface area contributed by atoms with Crippen LogP contribution in [-0.4, -0.2) is 43.0 Å². The number of aliphatic hydroxyl groups excluding tert-OH is 1. The molecule has 0 radical (unpaired) electrons. The van der Waals surface area contributed by atoms with Crippen molar-refractivity contribution in [1.29, 1.82) is 0 Å². The molecule has 3 aromatic rings. The van der Waals surface area contributed by atoms with Crippen LogP contribution >= 0.6 is 0 Å². The number of para-hydroxylation sites is 1. The lowest BCUT2D eigenvalue weighted by molar-refractivity contribution is 0.0844. The number of benzene rings is 1. The van der Waals surface area contributed by atoms with Gasteiger partial charge in [-0.05, 0) is 42.3 Å². The summed E-state index contributed by atoms with van der Waals surface area (Å²) in [5.74, 6) is 1.28. The Labute approximate surface area is 139 Å². The predicted octanol–water partition coefficient (Wildman–Crippen LogP) is 1.79. The Bertz CT molecular complexity index is 784. The summed E-state index contributed by atoms with van der Waals surface area (Å²) in [6, 6.07) is 9.60. The largest absolute Gasteiger partial charge is 0.490 e. The van der Waals surface area contributed by atoms with Crippen LogP contribution in [0.5, 0.6) is 5.75 Å². The number of ether oxygens (including phenoxy) is 1. The van der Waals surface area contributed by atoms with Gasteiger partial charge in [-0.1, -0.05) is 18.2 Å². The number of rotatable bonds is 6. The van der Waals surface area contributed by atoms with Crippen molar-refractivity contribution in [2.24, 2.45) is 0 Å². The summed E-state index contributed by atoms with van der Waals surface area (Å²) in [5, 5.41) is 22.3. The van der Waals surface area contributed by atoms with E-state index in [0.717, 1.165) is 22.4 Å². The smallest absolute Gasteiger partial charge is 0.206 e. The Kier molecular flexibility index (Phi) is 4.81. The quantitative estimate of drug-likeness (QED) is 0.743. The van der Waals surface area contributed by atoms with Gasteiger partial charge >= 0.3 is 0 Å². The normalized spacial score (nSPS) is 12.1. The first kappa shape index (κ1) is 16.1. The molecule has 0 saturated carbocycles. The molecule has 1 N–H and O–H groups in total. The molecule has 2 aromatic heterocycles. The van der Waals surface area contributed by atoms with Gasteiger partial charge in [0, 0.05) is 18.0 Å². The number of aliphatic hydroxyl groups is 1. The molecule has 0 aliphatic carbocycles. The van der Waals surface area contributed by atoms with E-state index in [4.69, 9.17) is 4.74 Å². The summed E-state index contributed by atoms with van der Waals surface area (Å²) in [6.07, 6.45) is 2.62. The van der Waals surface area contributed by atoms with E-state index in [1.54, 1.807) is 12.4 Å². The zero-order valence-electron chi connectivity index (χ0n) is 13.6. The van der Waals surface area contributed by atoms with E-state index in [0.29, 0.717) is 5.82 Å². The van der Waals surface area contributed by atoms with Gasteiger partial charge in [0.25, 0.3) is 0 Å². The van der Waals surface area contributed by atoms with E-state index in [1.165, 1.54) is 4.80 Å². The van der Waals surface area contributed by atoms with Crippen molar-refractivity contribution < 1.29 is 9.84 Å². The predicted molar refractivity (Wildman–Crippen MR) is 88.5 cm³/mol. The van der Waals surface area contributed by atoms with Crippen molar-refractivity contribution in [1.82, 2.24) is 25.2 Å². The van der Waals surface area contributed by atoms with Crippen molar-refractivity contribution in [2.75, 3.05) is 6.61 Å². The van der Waals surface area contributed by atoms with E-state index in [-0.39, 0.29) is 13.2 Å². The maximum atomic E-state index is 10.2. The maximum absolute atomic E-state index is 10.2. The second-order valence-corrected chi connectivity index (χ2v) is 5.60. The molecule has 0 amide bonds. The molecule has 1 atom stereocenters. The first-order valence-electron chi connectivity index (χ1n) is 7.69. The van der Waals surface area contributed by atoms with Crippen LogP contribution in [0.25, 0.3) is 11.4 Å². The molecule has 1 aromatic carbocycles. The third-order valence-corrected chi connectivity index (χ3v) is 3.58. The first-order valence-corrected chi connectivity index (χ1v) is 7.69. The monoisotopic (exact) mass is 325 g/mol. The Morgan fingerprint density at radius 1 is 1.17 bits per heavy atom. The molecule has 0 saturated heterocycles. The highest BCUT2D eigenvalue weighted by Crippen LogP contribution is 2.22. The first-order chi connectivity index (χ1) is 11.6. The van der Waals surface area contributed by atoms with Gasteiger partial charge in [0.2, 0.25) is 5.82 Å². The molecule has 2 heterocycles. The third kappa shape index (κ3) is 3.75. The molecule has 3 rings (SSSR count). The van der Waals surface area contributed by atoms with Crippen LogP contribution in [-0.2, 0) is 6.54 Å². The lowest BCUT2D eigenvalue weighted by Crippen LogP contribution is -2.25. The van der Waals surface area contributed by atoms with E-state index in [2.05, 4.69) is 20.4 Å². The zero-order valence-corrected chi connectivity index (χ0v) is 13.6. The minimum absolute atomic E-state index is 0.162. The van der Waals surface area contributed by atoms with Crippen LogP contribution in [0, 0.1) is 13.8 Å². The fraction of sp³-hybridized carbons (Fsp3) is 0.294. The molecule has 7 heteroatoms. The summed E-state index contributed by atoms with van der Waals surface area (Å²) < 4.78 is 5.74. The summed E-state index contributed by atoms with van der Waals surface area (Å²) in [7, 11) is 0. The van der Waals surface area contributed by atoms with Crippen molar-refractivity contribution in [2.45, 2.75) is 26.5 Å². The Balaban J connectivity index is 1.59. The molecular weight excluding hydrogens is 306 g/mol. The molecule has 0 spiro atoms. The van der Waals surface area contributed by atoms with E-state index < -0.39 is 6.10 Å².